The molecular formula is C11H16BrNO. The van der Waals surface area contributed by atoms with Gasteiger partial charge in [0, 0.05) is 18.4 Å². The normalized spacial score (nSPS) is 13.1. The summed E-state index contributed by atoms with van der Waals surface area (Å²) < 4.78 is 0. The van der Waals surface area contributed by atoms with Crippen molar-refractivity contribution in [1.82, 2.24) is 4.90 Å². The third-order valence-corrected chi connectivity index (χ3v) is 2.74. The lowest BCUT2D eigenvalue weighted by Gasteiger charge is -2.19. The highest BCUT2D eigenvalue weighted by Crippen LogP contribution is 2.03. The average Bonchev–Trinajstić information content (AvgIpc) is 2.19. The SMILES string of the molecule is CN(Cc1ccccc1)CC(O)CBr. The lowest BCUT2D eigenvalue weighted by molar-refractivity contribution is 0.143. The Morgan fingerprint density at radius 2 is 2.00 bits per heavy atom. The van der Waals surface area contributed by atoms with Crippen LogP contribution < -0.4 is 0 Å². The zero-order valence-corrected chi connectivity index (χ0v) is 9.94. The van der Waals surface area contributed by atoms with Crippen molar-refractivity contribution in [2.24, 2.45) is 0 Å². The highest BCUT2D eigenvalue weighted by Gasteiger charge is 2.06. The maximum absolute atomic E-state index is 9.42. The Hall–Kier alpha value is -0.380. The Morgan fingerprint density at radius 3 is 2.57 bits per heavy atom. The number of benzene rings is 1. The standard InChI is InChI=1S/C11H16BrNO/c1-13(9-11(14)7-12)8-10-5-3-2-4-6-10/h2-6,11,14H,7-9H2,1H3. The van der Waals surface area contributed by atoms with Crippen molar-refractivity contribution in [2.45, 2.75) is 12.6 Å². The molecule has 1 rings (SSSR count). The predicted octanol–water partition coefficient (Wildman–Crippen LogP) is 1.87. The quantitative estimate of drug-likeness (QED) is 0.815. The summed E-state index contributed by atoms with van der Waals surface area (Å²) in [5, 5.41) is 10.0. The largest absolute Gasteiger partial charge is 0.391 e. The molecule has 0 aliphatic rings. The van der Waals surface area contributed by atoms with Crippen molar-refractivity contribution < 1.29 is 5.11 Å². The summed E-state index contributed by atoms with van der Waals surface area (Å²) in [4.78, 5) is 2.11. The summed E-state index contributed by atoms with van der Waals surface area (Å²) >= 11 is 3.25. The van der Waals surface area contributed by atoms with Crippen LogP contribution in [0.2, 0.25) is 0 Å². The van der Waals surface area contributed by atoms with Crippen LogP contribution in [-0.4, -0.2) is 35.0 Å². The molecule has 1 atom stereocenters. The summed E-state index contributed by atoms with van der Waals surface area (Å²) in [5.74, 6) is 0. The van der Waals surface area contributed by atoms with E-state index in [0.717, 1.165) is 6.54 Å². The molecule has 78 valence electrons. The topological polar surface area (TPSA) is 23.5 Å². The molecule has 0 aromatic heterocycles. The number of aliphatic hydroxyl groups is 1. The molecule has 0 aliphatic carbocycles. The summed E-state index contributed by atoms with van der Waals surface area (Å²) in [6, 6.07) is 10.3. The van der Waals surface area contributed by atoms with Gasteiger partial charge in [0.2, 0.25) is 0 Å². The van der Waals surface area contributed by atoms with Crippen LogP contribution in [0, 0.1) is 0 Å². The first-order valence-electron chi connectivity index (χ1n) is 4.69. The maximum atomic E-state index is 9.42. The van der Waals surface area contributed by atoms with Crippen LogP contribution >= 0.6 is 15.9 Å². The molecular weight excluding hydrogens is 242 g/mol. The number of nitrogens with zero attached hydrogens (tertiary/aromatic N) is 1. The number of alkyl halides is 1. The van der Waals surface area contributed by atoms with Crippen LogP contribution in [0.3, 0.4) is 0 Å². The van der Waals surface area contributed by atoms with Gasteiger partial charge >= 0.3 is 0 Å². The number of hydrogen-bond donors (Lipinski definition) is 1. The molecule has 1 N–H and O–H groups in total. The Labute approximate surface area is 93.7 Å². The van der Waals surface area contributed by atoms with E-state index in [2.05, 4.69) is 33.0 Å². The van der Waals surface area contributed by atoms with Crippen LogP contribution in [0.25, 0.3) is 0 Å². The minimum atomic E-state index is -0.288. The number of halogens is 1. The zero-order chi connectivity index (χ0) is 10.4. The fourth-order valence-corrected chi connectivity index (χ4v) is 1.57. The number of hydrogen-bond acceptors (Lipinski definition) is 2. The van der Waals surface area contributed by atoms with E-state index in [9.17, 15) is 5.11 Å². The zero-order valence-electron chi connectivity index (χ0n) is 8.36. The van der Waals surface area contributed by atoms with E-state index in [1.54, 1.807) is 0 Å². The van der Waals surface area contributed by atoms with Crippen molar-refractivity contribution in [3.63, 3.8) is 0 Å². The van der Waals surface area contributed by atoms with E-state index >= 15 is 0 Å². The van der Waals surface area contributed by atoms with Crippen molar-refractivity contribution >= 4 is 15.9 Å². The third-order valence-electron chi connectivity index (χ3n) is 2.00. The molecule has 3 heteroatoms. The monoisotopic (exact) mass is 257 g/mol. The van der Waals surface area contributed by atoms with Crippen molar-refractivity contribution in [3.8, 4) is 0 Å². The first kappa shape index (κ1) is 11.7. The Bertz CT molecular complexity index is 253. The second-order valence-corrected chi connectivity index (χ2v) is 4.14. The van der Waals surface area contributed by atoms with Crippen molar-refractivity contribution in [2.75, 3.05) is 18.9 Å². The van der Waals surface area contributed by atoms with E-state index in [1.165, 1.54) is 5.56 Å². The van der Waals surface area contributed by atoms with Crippen LogP contribution in [0.4, 0.5) is 0 Å². The van der Waals surface area contributed by atoms with Crippen LogP contribution in [0.15, 0.2) is 30.3 Å². The van der Waals surface area contributed by atoms with Gasteiger partial charge in [-0.25, -0.2) is 0 Å². The van der Waals surface area contributed by atoms with E-state index in [4.69, 9.17) is 0 Å². The van der Waals surface area contributed by atoms with Gasteiger partial charge in [0.05, 0.1) is 6.10 Å². The van der Waals surface area contributed by atoms with Gasteiger partial charge in [-0.2, -0.15) is 0 Å². The first-order valence-corrected chi connectivity index (χ1v) is 5.81. The van der Waals surface area contributed by atoms with Crippen LogP contribution in [-0.2, 0) is 6.54 Å². The van der Waals surface area contributed by atoms with Crippen molar-refractivity contribution in [1.29, 1.82) is 0 Å². The van der Waals surface area contributed by atoms with Crippen LogP contribution in [0.5, 0.6) is 0 Å². The fraction of sp³-hybridized carbons (Fsp3) is 0.455. The Balaban J connectivity index is 2.37. The van der Waals surface area contributed by atoms with E-state index in [-0.39, 0.29) is 6.10 Å². The highest BCUT2D eigenvalue weighted by molar-refractivity contribution is 9.09. The van der Waals surface area contributed by atoms with Gasteiger partial charge < -0.3 is 5.11 Å². The smallest absolute Gasteiger partial charge is 0.0763 e. The molecule has 0 heterocycles. The average molecular weight is 258 g/mol. The predicted molar refractivity (Wildman–Crippen MR) is 62.6 cm³/mol. The molecule has 0 saturated carbocycles. The molecule has 2 nitrogen and oxygen atoms in total. The summed E-state index contributed by atoms with van der Waals surface area (Å²) in [5.41, 5.74) is 1.27. The van der Waals surface area contributed by atoms with E-state index in [0.29, 0.717) is 11.9 Å². The van der Waals surface area contributed by atoms with Gasteiger partial charge in [0.25, 0.3) is 0 Å². The number of aliphatic hydroxyl groups excluding tert-OH is 1. The molecule has 14 heavy (non-hydrogen) atoms. The van der Waals surface area contributed by atoms with E-state index in [1.807, 2.05) is 25.2 Å². The first-order chi connectivity index (χ1) is 6.72. The second-order valence-electron chi connectivity index (χ2n) is 3.49. The summed E-state index contributed by atoms with van der Waals surface area (Å²) in [7, 11) is 2.01. The maximum Gasteiger partial charge on any atom is 0.0763 e. The Kier molecular flexibility index (Phi) is 5.15. The lowest BCUT2D eigenvalue weighted by atomic mass is 10.2. The molecule has 0 aliphatic heterocycles. The molecule has 1 aromatic carbocycles. The Morgan fingerprint density at radius 1 is 1.36 bits per heavy atom. The molecule has 0 amide bonds. The van der Waals surface area contributed by atoms with Crippen molar-refractivity contribution in [3.05, 3.63) is 35.9 Å². The molecule has 0 spiro atoms. The molecule has 1 unspecified atom stereocenters. The lowest BCUT2D eigenvalue weighted by Crippen LogP contribution is -2.29. The molecule has 0 saturated heterocycles. The minimum Gasteiger partial charge on any atom is -0.391 e. The molecule has 0 fully saturated rings. The van der Waals surface area contributed by atoms with Gasteiger partial charge in [0.1, 0.15) is 0 Å². The minimum absolute atomic E-state index is 0.288. The van der Waals surface area contributed by atoms with E-state index < -0.39 is 0 Å². The van der Waals surface area contributed by atoms with Gasteiger partial charge in [-0.15, -0.1) is 0 Å². The van der Waals surface area contributed by atoms with Gasteiger partial charge in [-0.1, -0.05) is 46.3 Å². The van der Waals surface area contributed by atoms with Gasteiger partial charge in [-0.3, -0.25) is 4.90 Å². The number of rotatable bonds is 5. The fourth-order valence-electron chi connectivity index (χ4n) is 1.37. The van der Waals surface area contributed by atoms with Crippen LogP contribution in [0.1, 0.15) is 5.56 Å². The third kappa shape index (κ3) is 4.22. The highest BCUT2D eigenvalue weighted by atomic mass is 79.9. The second kappa shape index (κ2) is 6.17. The summed E-state index contributed by atoms with van der Waals surface area (Å²) in [6.07, 6.45) is -0.288. The molecule has 1 aromatic rings. The van der Waals surface area contributed by atoms with Gasteiger partial charge in [-0.05, 0) is 12.6 Å². The summed E-state index contributed by atoms with van der Waals surface area (Å²) in [6.45, 7) is 1.57. The molecule has 0 radical (unpaired) electrons. The molecule has 0 bridgehead atoms. The number of likely N-dealkylation sites (N-methyl/N-ethyl adjacent to an activating group) is 1. The van der Waals surface area contributed by atoms with Gasteiger partial charge in [0.15, 0.2) is 0 Å².